The fourth-order valence-corrected chi connectivity index (χ4v) is 1.08. The maximum atomic E-state index is 11.3. The second-order valence-corrected chi connectivity index (χ2v) is 3.21. The number of hydrogen-bond acceptors (Lipinski definition) is 3. The average Bonchev–Trinajstić information content (AvgIpc) is 2.22. The molecule has 1 aromatic carbocycles. The van der Waals surface area contributed by atoms with Crippen LogP contribution in [0.25, 0.3) is 0 Å². The van der Waals surface area contributed by atoms with E-state index in [1.807, 2.05) is 0 Å². The summed E-state index contributed by atoms with van der Waals surface area (Å²) >= 11 is 0. The van der Waals surface area contributed by atoms with Crippen LogP contribution in [0, 0.1) is 0 Å². The van der Waals surface area contributed by atoms with Gasteiger partial charge in [0, 0.05) is 6.54 Å². The molecule has 0 saturated heterocycles. The van der Waals surface area contributed by atoms with Crippen LogP contribution >= 0.6 is 0 Å². The van der Waals surface area contributed by atoms with Crippen molar-refractivity contribution in [2.45, 2.75) is 19.8 Å². The molecule has 0 aromatic heterocycles. The fourth-order valence-electron chi connectivity index (χ4n) is 1.08. The Morgan fingerprint density at radius 1 is 1.47 bits per heavy atom. The standard InChI is InChI=1S/C11H16N2O2/c1-2-3-8-13-11(14)15-10-7-5-4-6-9(10)12/h4-7H,2-3,8,12H2,1H3,(H,13,14). The quantitative estimate of drug-likeness (QED) is 0.588. The largest absolute Gasteiger partial charge is 0.412 e. The summed E-state index contributed by atoms with van der Waals surface area (Å²) in [6.45, 7) is 2.68. The number of ether oxygens (including phenoxy) is 1. The highest BCUT2D eigenvalue weighted by molar-refractivity contribution is 5.72. The molecule has 0 bridgehead atoms. The number of benzene rings is 1. The Hall–Kier alpha value is -1.71. The molecule has 0 aliphatic carbocycles. The Morgan fingerprint density at radius 3 is 2.87 bits per heavy atom. The van der Waals surface area contributed by atoms with Crippen LogP contribution in [-0.2, 0) is 0 Å². The predicted octanol–water partition coefficient (Wildman–Crippen LogP) is 2.16. The monoisotopic (exact) mass is 208 g/mol. The normalized spacial score (nSPS) is 9.67. The first-order valence-corrected chi connectivity index (χ1v) is 5.04. The number of para-hydroxylation sites is 2. The molecule has 0 aliphatic heterocycles. The number of hydrogen-bond donors (Lipinski definition) is 2. The number of unbranched alkanes of at least 4 members (excludes halogenated alkanes) is 1. The van der Waals surface area contributed by atoms with Gasteiger partial charge in [0.1, 0.15) is 0 Å². The molecule has 0 heterocycles. The van der Waals surface area contributed by atoms with E-state index in [0.29, 0.717) is 18.0 Å². The molecule has 3 N–H and O–H groups in total. The summed E-state index contributed by atoms with van der Waals surface area (Å²) in [6, 6.07) is 6.91. The van der Waals surface area contributed by atoms with E-state index in [1.54, 1.807) is 24.3 Å². The lowest BCUT2D eigenvalue weighted by atomic mass is 10.3. The molecule has 1 amide bonds. The van der Waals surface area contributed by atoms with Crippen LogP contribution in [0.2, 0.25) is 0 Å². The van der Waals surface area contributed by atoms with Gasteiger partial charge in [0.25, 0.3) is 0 Å². The minimum absolute atomic E-state index is 0.395. The Labute approximate surface area is 89.4 Å². The summed E-state index contributed by atoms with van der Waals surface area (Å²) in [5.41, 5.74) is 6.08. The first-order chi connectivity index (χ1) is 7.24. The molecule has 1 aromatic rings. The van der Waals surface area contributed by atoms with Gasteiger partial charge in [-0.2, -0.15) is 0 Å². The predicted molar refractivity (Wildman–Crippen MR) is 59.8 cm³/mol. The van der Waals surface area contributed by atoms with E-state index in [0.717, 1.165) is 12.8 Å². The van der Waals surface area contributed by atoms with Crippen LogP contribution in [-0.4, -0.2) is 12.6 Å². The zero-order valence-corrected chi connectivity index (χ0v) is 8.82. The summed E-state index contributed by atoms with van der Waals surface area (Å²) in [4.78, 5) is 11.3. The van der Waals surface area contributed by atoms with E-state index in [-0.39, 0.29) is 0 Å². The fraction of sp³-hybridized carbons (Fsp3) is 0.364. The Bertz CT molecular complexity index is 326. The SMILES string of the molecule is CCCCNC(=O)Oc1ccccc1N. The van der Waals surface area contributed by atoms with Gasteiger partial charge < -0.3 is 15.8 Å². The smallest absolute Gasteiger partial charge is 0.408 e. The lowest BCUT2D eigenvalue weighted by Crippen LogP contribution is -2.27. The molecule has 0 radical (unpaired) electrons. The molecular formula is C11H16N2O2. The van der Waals surface area contributed by atoms with E-state index in [4.69, 9.17) is 10.5 Å². The van der Waals surface area contributed by atoms with Crippen molar-refractivity contribution in [3.05, 3.63) is 24.3 Å². The molecule has 4 nitrogen and oxygen atoms in total. The van der Waals surface area contributed by atoms with Crippen molar-refractivity contribution in [1.82, 2.24) is 5.32 Å². The van der Waals surface area contributed by atoms with Gasteiger partial charge in [-0.25, -0.2) is 4.79 Å². The van der Waals surface area contributed by atoms with Crippen molar-refractivity contribution in [2.24, 2.45) is 0 Å². The molecule has 0 unspecified atom stereocenters. The number of amides is 1. The molecule has 4 heteroatoms. The first kappa shape index (κ1) is 11.4. The third-order valence-corrected chi connectivity index (χ3v) is 1.92. The van der Waals surface area contributed by atoms with E-state index < -0.39 is 6.09 Å². The minimum atomic E-state index is -0.457. The van der Waals surface area contributed by atoms with E-state index in [2.05, 4.69) is 12.2 Å². The van der Waals surface area contributed by atoms with Gasteiger partial charge in [-0.15, -0.1) is 0 Å². The van der Waals surface area contributed by atoms with Gasteiger partial charge in [-0.3, -0.25) is 0 Å². The molecule has 0 fully saturated rings. The van der Waals surface area contributed by atoms with E-state index >= 15 is 0 Å². The van der Waals surface area contributed by atoms with Crippen molar-refractivity contribution >= 4 is 11.8 Å². The molecule has 0 spiro atoms. The van der Waals surface area contributed by atoms with Gasteiger partial charge in [0.05, 0.1) is 5.69 Å². The molecule has 82 valence electrons. The third-order valence-electron chi connectivity index (χ3n) is 1.92. The van der Waals surface area contributed by atoms with Crippen LogP contribution in [0.4, 0.5) is 10.5 Å². The number of carbonyl (C=O) groups is 1. The molecule has 0 aliphatic rings. The second-order valence-electron chi connectivity index (χ2n) is 3.21. The second kappa shape index (κ2) is 5.90. The van der Waals surface area contributed by atoms with Crippen LogP contribution in [0.1, 0.15) is 19.8 Å². The lowest BCUT2D eigenvalue weighted by molar-refractivity contribution is 0.200. The van der Waals surface area contributed by atoms with Crippen LogP contribution < -0.4 is 15.8 Å². The first-order valence-electron chi connectivity index (χ1n) is 5.04. The highest BCUT2D eigenvalue weighted by atomic mass is 16.6. The summed E-state index contributed by atoms with van der Waals surface area (Å²) in [7, 11) is 0. The maximum Gasteiger partial charge on any atom is 0.412 e. The van der Waals surface area contributed by atoms with Crippen LogP contribution in [0.15, 0.2) is 24.3 Å². The molecule has 15 heavy (non-hydrogen) atoms. The summed E-state index contributed by atoms with van der Waals surface area (Å²) in [5.74, 6) is 0.395. The zero-order chi connectivity index (χ0) is 11.1. The Balaban J connectivity index is 2.41. The number of rotatable bonds is 4. The topological polar surface area (TPSA) is 64.3 Å². The number of nitrogen functional groups attached to an aromatic ring is 1. The lowest BCUT2D eigenvalue weighted by Gasteiger charge is -2.07. The summed E-state index contributed by atoms with van der Waals surface area (Å²) in [5, 5.41) is 2.64. The maximum absolute atomic E-state index is 11.3. The van der Waals surface area contributed by atoms with Crippen molar-refractivity contribution in [3.63, 3.8) is 0 Å². The highest BCUT2D eigenvalue weighted by Gasteiger charge is 2.05. The molecule has 0 atom stereocenters. The van der Waals surface area contributed by atoms with Crippen molar-refractivity contribution in [1.29, 1.82) is 0 Å². The minimum Gasteiger partial charge on any atom is -0.408 e. The number of nitrogens with two attached hydrogens (primary N) is 1. The van der Waals surface area contributed by atoms with Gasteiger partial charge >= 0.3 is 6.09 Å². The van der Waals surface area contributed by atoms with Crippen molar-refractivity contribution in [2.75, 3.05) is 12.3 Å². The van der Waals surface area contributed by atoms with Crippen molar-refractivity contribution < 1.29 is 9.53 Å². The number of anilines is 1. The van der Waals surface area contributed by atoms with Crippen LogP contribution in [0.5, 0.6) is 5.75 Å². The Kier molecular flexibility index (Phi) is 4.47. The third kappa shape index (κ3) is 3.89. The van der Waals surface area contributed by atoms with Crippen LogP contribution in [0.3, 0.4) is 0 Å². The van der Waals surface area contributed by atoms with Gasteiger partial charge in [-0.05, 0) is 18.6 Å². The van der Waals surface area contributed by atoms with Gasteiger partial charge in [-0.1, -0.05) is 25.5 Å². The molecule has 1 rings (SSSR count). The van der Waals surface area contributed by atoms with E-state index in [1.165, 1.54) is 0 Å². The molecular weight excluding hydrogens is 192 g/mol. The van der Waals surface area contributed by atoms with Gasteiger partial charge in [0.2, 0.25) is 0 Å². The van der Waals surface area contributed by atoms with Gasteiger partial charge in [0.15, 0.2) is 5.75 Å². The Morgan fingerprint density at radius 2 is 2.20 bits per heavy atom. The number of nitrogens with one attached hydrogen (secondary N) is 1. The van der Waals surface area contributed by atoms with Crippen molar-refractivity contribution in [3.8, 4) is 5.75 Å². The zero-order valence-electron chi connectivity index (χ0n) is 8.82. The number of carbonyl (C=O) groups excluding carboxylic acids is 1. The average molecular weight is 208 g/mol. The molecule has 0 saturated carbocycles. The summed E-state index contributed by atoms with van der Waals surface area (Å²) in [6.07, 6.45) is 1.52. The summed E-state index contributed by atoms with van der Waals surface area (Å²) < 4.78 is 5.02. The highest BCUT2D eigenvalue weighted by Crippen LogP contribution is 2.19. The van der Waals surface area contributed by atoms with E-state index in [9.17, 15) is 4.79 Å².